The Morgan fingerprint density at radius 3 is 2.15 bits per heavy atom. The molecule has 0 bridgehead atoms. The van der Waals surface area contributed by atoms with E-state index in [0.29, 0.717) is 11.6 Å². The average molecular weight is 454 g/mol. The molecule has 0 aliphatic rings. The number of hydrogen-bond acceptors (Lipinski definition) is 9. The van der Waals surface area contributed by atoms with Crippen LogP contribution in [-0.4, -0.2) is 26.1 Å². The maximum atomic E-state index is 10.9. The molecule has 4 aromatic rings. The topological polar surface area (TPSA) is 130 Å². The summed E-state index contributed by atoms with van der Waals surface area (Å²) in [5.74, 6) is 0.772. The van der Waals surface area contributed by atoms with Crippen molar-refractivity contribution in [2.24, 2.45) is 5.10 Å². The number of aryl methyl sites for hydroxylation is 2. The fourth-order valence-corrected chi connectivity index (χ4v) is 2.98. The van der Waals surface area contributed by atoms with E-state index in [9.17, 15) is 10.1 Å². The third-order valence-electron chi connectivity index (χ3n) is 4.82. The zero-order chi connectivity index (χ0) is 23.9. The lowest BCUT2D eigenvalue weighted by molar-refractivity contribution is -0.384. The number of para-hydroxylation sites is 1. The summed E-state index contributed by atoms with van der Waals surface area (Å²) in [6, 6.07) is 21.7. The molecule has 3 N–H and O–H groups in total. The second-order valence-electron chi connectivity index (χ2n) is 7.46. The second kappa shape index (κ2) is 10.2. The first-order valence-electron chi connectivity index (χ1n) is 10.4. The highest BCUT2D eigenvalue weighted by Crippen LogP contribution is 2.22. The normalized spacial score (nSPS) is 10.8. The zero-order valence-corrected chi connectivity index (χ0v) is 18.6. The number of nitro groups is 1. The molecule has 3 aromatic carbocycles. The maximum absolute atomic E-state index is 10.9. The molecule has 4 rings (SSSR count). The molecule has 0 unspecified atom stereocenters. The van der Waals surface area contributed by atoms with Crippen LogP contribution in [0.3, 0.4) is 0 Å². The number of nitrogens with one attached hydrogen (secondary N) is 3. The van der Waals surface area contributed by atoms with Crippen molar-refractivity contribution in [3.63, 3.8) is 0 Å². The minimum atomic E-state index is -0.453. The predicted octanol–water partition coefficient (Wildman–Crippen LogP) is 5.33. The van der Waals surface area contributed by atoms with Gasteiger partial charge in [-0.25, -0.2) is 5.43 Å². The summed E-state index contributed by atoms with van der Waals surface area (Å²) in [5.41, 5.74) is 7.39. The molecule has 34 heavy (non-hydrogen) atoms. The molecule has 1 aromatic heterocycles. The summed E-state index contributed by atoms with van der Waals surface area (Å²) in [6.45, 7) is 4.00. The van der Waals surface area contributed by atoms with Crippen LogP contribution in [0.4, 0.5) is 34.9 Å². The number of aromatic nitrogens is 3. The Bertz CT molecular complexity index is 1320. The van der Waals surface area contributed by atoms with Gasteiger partial charge in [0.25, 0.3) is 5.69 Å². The Labute approximate surface area is 196 Å². The first-order chi connectivity index (χ1) is 16.5. The number of non-ortho nitro benzene ring substituents is 1. The van der Waals surface area contributed by atoms with Crippen LogP contribution in [0.5, 0.6) is 0 Å². The number of nitrogens with zero attached hydrogens (tertiary/aromatic N) is 5. The molecule has 0 saturated heterocycles. The Balaban J connectivity index is 1.59. The highest BCUT2D eigenvalue weighted by Gasteiger charge is 2.10. The van der Waals surface area contributed by atoms with Gasteiger partial charge in [-0.15, -0.1) is 0 Å². The Kier molecular flexibility index (Phi) is 6.68. The highest BCUT2D eigenvalue weighted by molar-refractivity contribution is 5.80. The van der Waals surface area contributed by atoms with Crippen LogP contribution < -0.4 is 16.1 Å². The number of hydrogen-bond donors (Lipinski definition) is 3. The van der Waals surface area contributed by atoms with Crippen molar-refractivity contribution in [2.45, 2.75) is 13.8 Å². The number of anilines is 5. The minimum Gasteiger partial charge on any atom is -0.324 e. The van der Waals surface area contributed by atoms with Crippen LogP contribution in [-0.2, 0) is 0 Å². The van der Waals surface area contributed by atoms with Crippen LogP contribution in [0.1, 0.15) is 16.7 Å². The lowest BCUT2D eigenvalue weighted by Crippen LogP contribution is -2.07. The highest BCUT2D eigenvalue weighted by atomic mass is 16.6. The first-order valence-corrected chi connectivity index (χ1v) is 10.4. The van der Waals surface area contributed by atoms with Gasteiger partial charge in [0.05, 0.1) is 11.1 Å². The van der Waals surface area contributed by atoms with Crippen molar-refractivity contribution in [1.82, 2.24) is 15.0 Å². The smallest absolute Gasteiger partial charge is 0.269 e. The molecule has 0 amide bonds. The van der Waals surface area contributed by atoms with E-state index in [-0.39, 0.29) is 17.6 Å². The third kappa shape index (κ3) is 5.88. The zero-order valence-electron chi connectivity index (χ0n) is 18.6. The molecule has 1 heterocycles. The Morgan fingerprint density at radius 2 is 1.47 bits per heavy atom. The molecular weight excluding hydrogens is 432 g/mol. The molecule has 0 fully saturated rings. The first kappa shape index (κ1) is 22.3. The van der Waals surface area contributed by atoms with Gasteiger partial charge in [-0.3, -0.25) is 10.1 Å². The molecule has 0 radical (unpaired) electrons. The molecule has 0 aliphatic carbocycles. The predicted molar refractivity (Wildman–Crippen MR) is 133 cm³/mol. The molecule has 0 aliphatic heterocycles. The summed E-state index contributed by atoms with van der Waals surface area (Å²) in [4.78, 5) is 23.6. The van der Waals surface area contributed by atoms with E-state index in [1.807, 2.05) is 62.4 Å². The van der Waals surface area contributed by atoms with E-state index in [0.717, 1.165) is 22.4 Å². The molecular formula is C24H22N8O2. The second-order valence-corrected chi connectivity index (χ2v) is 7.46. The summed E-state index contributed by atoms with van der Waals surface area (Å²) in [7, 11) is 0. The summed E-state index contributed by atoms with van der Waals surface area (Å²) >= 11 is 0. The van der Waals surface area contributed by atoms with Gasteiger partial charge < -0.3 is 10.6 Å². The van der Waals surface area contributed by atoms with E-state index < -0.39 is 4.92 Å². The lowest BCUT2D eigenvalue weighted by atomic mass is 10.2. The van der Waals surface area contributed by atoms with Crippen LogP contribution in [0.15, 0.2) is 77.9 Å². The maximum Gasteiger partial charge on any atom is 0.269 e. The van der Waals surface area contributed by atoms with Gasteiger partial charge in [0.1, 0.15) is 0 Å². The van der Waals surface area contributed by atoms with Gasteiger partial charge in [-0.1, -0.05) is 48.0 Å². The number of nitro benzene ring substituents is 1. The average Bonchev–Trinajstić information content (AvgIpc) is 2.82. The van der Waals surface area contributed by atoms with Gasteiger partial charge >= 0.3 is 0 Å². The van der Waals surface area contributed by atoms with E-state index in [4.69, 9.17) is 0 Å². The number of benzene rings is 3. The van der Waals surface area contributed by atoms with Crippen LogP contribution >= 0.6 is 0 Å². The summed E-state index contributed by atoms with van der Waals surface area (Å²) < 4.78 is 0. The molecule has 0 saturated carbocycles. The minimum absolute atomic E-state index is 0.00379. The summed E-state index contributed by atoms with van der Waals surface area (Å²) in [6.07, 6.45) is 1.67. The SMILES string of the molecule is Cc1ccc(/C=N/Nc2nc(Nc3ccc([N+](=O)[O-])cc3)nc(Nc3ccccc3C)n2)cc1. The monoisotopic (exact) mass is 454 g/mol. The van der Waals surface area contributed by atoms with Crippen LogP contribution in [0, 0.1) is 24.0 Å². The van der Waals surface area contributed by atoms with Crippen molar-refractivity contribution in [2.75, 3.05) is 16.1 Å². The largest absolute Gasteiger partial charge is 0.324 e. The third-order valence-corrected chi connectivity index (χ3v) is 4.82. The van der Waals surface area contributed by atoms with Crippen molar-refractivity contribution in [3.05, 3.63) is 99.6 Å². The van der Waals surface area contributed by atoms with Crippen LogP contribution in [0.2, 0.25) is 0 Å². The van der Waals surface area contributed by atoms with Gasteiger partial charge in [-0.05, 0) is 43.2 Å². The van der Waals surface area contributed by atoms with Gasteiger partial charge in [-0.2, -0.15) is 20.1 Å². The number of rotatable bonds is 8. The molecule has 0 spiro atoms. The quantitative estimate of drug-likeness (QED) is 0.185. The number of hydrazone groups is 1. The van der Waals surface area contributed by atoms with Crippen molar-refractivity contribution in [3.8, 4) is 0 Å². The Morgan fingerprint density at radius 1 is 0.824 bits per heavy atom. The van der Waals surface area contributed by atoms with Crippen LogP contribution in [0.25, 0.3) is 0 Å². The van der Waals surface area contributed by atoms with E-state index in [1.54, 1.807) is 18.3 Å². The van der Waals surface area contributed by atoms with E-state index in [2.05, 4.69) is 36.1 Å². The fourth-order valence-electron chi connectivity index (χ4n) is 2.98. The Hall–Kier alpha value is -4.86. The summed E-state index contributed by atoms with van der Waals surface area (Å²) in [5, 5.41) is 21.4. The van der Waals surface area contributed by atoms with Crippen molar-refractivity contribution in [1.29, 1.82) is 0 Å². The van der Waals surface area contributed by atoms with Gasteiger partial charge in [0, 0.05) is 23.5 Å². The molecule has 0 atom stereocenters. The van der Waals surface area contributed by atoms with Gasteiger partial charge in [0.2, 0.25) is 17.8 Å². The standard InChI is InChI=1S/C24H22N8O2/c1-16-7-9-18(10-8-16)15-25-31-24-29-22(26-19-11-13-20(14-12-19)32(33)34)28-23(30-24)27-21-6-4-3-5-17(21)2/h3-15H,1-2H3,(H3,26,27,28,29,30,31)/b25-15+. The van der Waals surface area contributed by atoms with E-state index >= 15 is 0 Å². The lowest BCUT2D eigenvalue weighted by Gasteiger charge is -2.11. The molecule has 170 valence electrons. The van der Waals surface area contributed by atoms with Crippen molar-refractivity contribution < 1.29 is 4.92 Å². The fraction of sp³-hybridized carbons (Fsp3) is 0.0833. The van der Waals surface area contributed by atoms with Crippen molar-refractivity contribution >= 4 is 41.1 Å². The molecule has 10 heteroatoms. The van der Waals surface area contributed by atoms with Gasteiger partial charge in [0.15, 0.2) is 0 Å². The van der Waals surface area contributed by atoms with E-state index in [1.165, 1.54) is 12.1 Å². The molecule has 10 nitrogen and oxygen atoms in total.